The van der Waals surface area contributed by atoms with Gasteiger partial charge in [0.15, 0.2) is 0 Å². The molecule has 0 spiro atoms. The first-order valence-corrected chi connectivity index (χ1v) is 6.12. The van der Waals surface area contributed by atoms with Crippen molar-refractivity contribution in [1.82, 2.24) is 15.2 Å². The Kier molecular flexibility index (Phi) is 3.82. The number of rotatable bonds is 5. The molecule has 0 aromatic carbocycles. The Morgan fingerprint density at radius 2 is 2.17 bits per heavy atom. The molecular weight excluding hydrogens is 226 g/mol. The summed E-state index contributed by atoms with van der Waals surface area (Å²) in [5.74, 6) is 0.777. The van der Waals surface area contributed by atoms with Crippen molar-refractivity contribution in [2.45, 2.75) is 26.7 Å². The second kappa shape index (κ2) is 5.53. The lowest BCUT2D eigenvalue weighted by atomic mass is 10.1. The highest BCUT2D eigenvalue weighted by Crippen LogP contribution is 2.15. The minimum atomic E-state index is 0.695. The summed E-state index contributed by atoms with van der Waals surface area (Å²) >= 11 is 0. The van der Waals surface area contributed by atoms with E-state index in [1.807, 2.05) is 32.2 Å². The maximum atomic E-state index is 5.85. The summed E-state index contributed by atoms with van der Waals surface area (Å²) in [5, 5.41) is 10.2. The molecule has 96 valence electrons. The standard InChI is InChI=1S/C13H19N5/c1-9-5-6-12(14)13(17-9)15-7-3-4-11-8-16-18-10(11)2/h5-6,8H,3-4,7,14H2,1-2H3,(H,15,17)(H,16,18). The topological polar surface area (TPSA) is 79.6 Å². The van der Waals surface area contributed by atoms with Crippen LogP contribution in [0.5, 0.6) is 0 Å². The van der Waals surface area contributed by atoms with Gasteiger partial charge in [-0.2, -0.15) is 5.10 Å². The molecule has 18 heavy (non-hydrogen) atoms. The quantitative estimate of drug-likeness (QED) is 0.704. The van der Waals surface area contributed by atoms with E-state index < -0.39 is 0 Å². The lowest BCUT2D eigenvalue weighted by Gasteiger charge is -2.08. The summed E-state index contributed by atoms with van der Waals surface area (Å²) in [7, 11) is 0. The first kappa shape index (κ1) is 12.4. The molecule has 0 saturated carbocycles. The monoisotopic (exact) mass is 245 g/mol. The summed E-state index contributed by atoms with van der Waals surface area (Å²) in [5.41, 5.74) is 9.92. The van der Waals surface area contributed by atoms with Gasteiger partial charge in [-0.15, -0.1) is 0 Å². The van der Waals surface area contributed by atoms with E-state index in [-0.39, 0.29) is 0 Å². The van der Waals surface area contributed by atoms with Crippen molar-refractivity contribution >= 4 is 11.5 Å². The molecule has 2 aromatic rings. The molecule has 0 aliphatic heterocycles. The minimum Gasteiger partial charge on any atom is -0.396 e. The number of aromatic nitrogens is 3. The second-order valence-electron chi connectivity index (χ2n) is 4.44. The van der Waals surface area contributed by atoms with Gasteiger partial charge in [0.2, 0.25) is 0 Å². The number of anilines is 2. The predicted molar refractivity (Wildman–Crippen MR) is 73.5 cm³/mol. The number of aromatic amines is 1. The second-order valence-corrected chi connectivity index (χ2v) is 4.44. The van der Waals surface area contributed by atoms with E-state index in [9.17, 15) is 0 Å². The third-order valence-electron chi connectivity index (χ3n) is 2.92. The van der Waals surface area contributed by atoms with Gasteiger partial charge in [-0.1, -0.05) is 0 Å². The van der Waals surface area contributed by atoms with Crippen molar-refractivity contribution < 1.29 is 0 Å². The largest absolute Gasteiger partial charge is 0.396 e. The Morgan fingerprint density at radius 3 is 2.89 bits per heavy atom. The molecule has 4 N–H and O–H groups in total. The minimum absolute atomic E-state index is 0.695. The van der Waals surface area contributed by atoms with E-state index in [1.165, 1.54) is 5.56 Å². The molecule has 0 aliphatic carbocycles. The zero-order chi connectivity index (χ0) is 13.0. The Balaban J connectivity index is 1.82. The first-order chi connectivity index (χ1) is 8.66. The number of hydrogen-bond donors (Lipinski definition) is 3. The number of hydrogen-bond acceptors (Lipinski definition) is 4. The predicted octanol–water partition coefficient (Wildman–Crippen LogP) is 2.05. The van der Waals surface area contributed by atoms with E-state index in [1.54, 1.807) is 0 Å². The van der Waals surface area contributed by atoms with Crippen LogP contribution in [0.15, 0.2) is 18.3 Å². The Labute approximate surface area is 107 Å². The smallest absolute Gasteiger partial charge is 0.149 e. The third-order valence-corrected chi connectivity index (χ3v) is 2.92. The molecule has 2 heterocycles. The van der Waals surface area contributed by atoms with Crippen LogP contribution in [0.1, 0.15) is 23.4 Å². The van der Waals surface area contributed by atoms with E-state index in [4.69, 9.17) is 5.73 Å². The fraction of sp³-hybridized carbons (Fsp3) is 0.385. The van der Waals surface area contributed by atoms with Crippen LogP contribution in [0.2, 0.25) is 0 Å². The van der Waals surface area contributed by atoms with E-state index in [0.717, 1.165) is 36.6 Å². The Morgan fingerprint density at radius 1 is 1.33 bits per heavy atom. The summed E-state index contributed by atoms with van der Waals surface area (Å²) in [6.07, 6.45) is 3.91. The number of nitrogen functional groups attached to an aromatic ring is 1. The molecule has 0 atom stereocenters. The van der Waals surface area contributed by atoms with Gasteiger partial charge in [-0.3, -0.25) is 5.10 Å². The van der Waals surface area contributed by atoms with Gasteiger partial charge < -0.3 is 11.1 Å². The van der Waals surface area contributed by atoms with Gasteiger partial charge in [0, 0.05) is 17.9 Å². The van der Waals surface area contributed by atoms with Gasteiger partial charge in [-0.25, -0.2) is 4.98 Å². The van der Waals surface area contributed by atoms with Crippen LogP contribution in [0.3, 0.4) is 0 Å². The maximum Gasteiger partial charge on any atom is 0.149 e. The van der Waals surface area contributed by atoms with E-state index in [0.29, 0.717) is 5.69 Å². The van der Waals surface area contributed by atoms with Crippen LogP contribution in [0.4, 0.5) is 11.5 Å². The summed E-state index contributed by atoms with van der Waals surface area (Å²) in [4.78, 5) is 4.37. The average molecular weight is 245 g/mol. The van der Waals surface area contributed by atoms with Crippen LogP contribution < -0.4 is 11.1 Å². The molecule has 5 heteroatoms. The van der Waals surface area contributed by atoms with Gasteiger partial charge >= 0.3 is 0 Å². The number of aryl methyl sites for hydroxylation is 3. The fourth-order valence-electron chi connectivity index (χ4n) is 1.82. The average Bonchev–Trinajstić information content (AvgIpc) is 2.75. The highest BCUT2D eigenvalue weighted by Gasteiger charge is 2.02. The molecule has 0 saturated heterocycles. The zero-order valence-corrected chi connectivity index (χ0v) is 10.8. The van der Waals surface area contributed by atoms with Crippen molar-refractivity contribution in [2.75, 3.05) is 17.6 Å². The normalized spacial score (nSPS) is 10.6. The maximum absolute atomic E-state index is 5.85. The molecule has 0 fully saturated rings. The molecule has 5 nitrogen and oxygen atoms in total. The van der Waals surface area contributed by atoms with Crippen molar-refractivity contribution in [3.8, 4) is 0 Å². The molecule has 0 radical (unpaired) electrons. The van der Waals surface area contributed by atoms with E-state index >= 15 is 0 Å². The van der Waals surface area contributed by atoms with Gasteiger partial charge in [-0.05, 0) is 44.4 Å². The number of nitrogens with zero attached hydrogens (tertiary/aromatic N) is 2. The third kappa shape index (κ3) is 3.00. The molecule has 0 unspecified atom stereocenters. The molecular formula is C13H19N5. The molecule has 0 bridgehead atoms. The van der Waals surface area contributed by atoms with Gasteiger partial charge in [0.25, 0.3) is 0 Å². The summed E-state index contributed by atoms with van der Waals surface area (Å²) < 4.78 is 0. The Hall–Kier alpha value is -2.04. The van der Waals surface area contributed by atoms with Crippen LogP contribution in [-0.4, -0.2) is 21.7 Å². The Bertz CT molecular complexity index is 518. The zero-order valence-electron chi connectivity index (χ0n) is 10.8. The number of nitrogens with one attached hydrogen (secondary N) is 2. The van der Waals surface area contributed by atoms with Gasteiger partial charge in [0.1, 0.15) is 5.82 Å². The first-order valence-electron chi connectivity index (χ1n) is 6.12. The highest BCUT2D eigenvalue weighted by molar-refractivity contribution is 5.61. The van der Waals surface area contributed by atoms with Crippen molar-refractivity contribution in [2.24, 2.45) is 0 Å². The van der Waals surface area contributed by atoms with Gasteiger partial charge in [0.05, 0.1) is 11.9 Å². The number of H-pyrrole nitrogens is 1. The van der Waals surface area contributed by atoms with E-state index in [2.05, 4.69) is 20.5 Å². The van der Waals surface area contributed by atoms with Crippen molar-refractivity contribution in [3.05, 3.63) is 35.3 Å². The van der Waals surface area contributed by atoms with Crippen LogP contribution in [-0.2, 0) is 6.42 Å². The summed E-state index contributed by atoms with van der Waals surface area (Å²) in [6.45, 7) is 4.85. The molecule has 0 amide bonds. The van der Waals surface area contributed by atoms with Crippen LogP contribution in [0.25, 0.3) is 0 Å². The molecule has 2 aromatic heterocycles. The number of pyridine rings is 1. The van der Waals surface area contributed by atoms with Crippen molar-refractivity contribution in [3.63, 3.8) is 0 Å². The molecule has 0 aliphatic rings. The summed E-state index contributed by atoms with van der Waals surface area (Å²) in [6, 6.07) is 3.79. The lowest BCUT2D eigenvalue weighted by molar-refractivity contribution is 0.853. The highest BCUT2D eigenvalue weighted by atomic mass is 15.1. The van der Waals surface area contributed by atoms with Crippen LogP contribution in [0, 0.1) is 13.8 Å². The number of nitrogens with two attached hydrogens (primary N) is 1. The lowest BCUT2D eigenvalue weighted by Crippen LogP contribution is -2.07. The van der Waals surface area contributed by atoms with Crippen molar-refractivity contribution in [1.29, 1.82) is 0 Å². The SMILES string of the molecule is Cc1ccc(N)c(NCCCc2cn[nH]c2C)n1. The van der Waals surface area contributed by atoms with Crippen LogP contribution >= 0.6 is 0 Å². The molecule has 2 rings (SSSR count). The fourth-order valence-corrected chi connectivity index (χ4v) is 1.82.